The Morgan fingerprint density at radius 2 is 1.81 bits per heavy atom. The van der Waals surface area contributed by atoms with Crippen molar-refractivity contribution in [2.45, 2.75) is 25.5 Å². The van der Waals surface area contributed by atoms with Crippen LogP contribution in [0.3, 0.4) is 0 Å². The SMILES string of the molecule is O=C(NCc1ccc(Br)cc1)Nc1cccc(COCC(F)(F)C(F)F)c1. The smallest absolute Gasteiger partial charge is 0.330 e. The van der Waals surface area contributed by atoms with Crippen LogP contribution in [0, 0.1) is 0 Å². The third kappa shape index (κ3) is 7.18. The molecule has 2 aromatic carbocycles. The summed E-state index contributed by atoms with van der Waals surface area (Å²) in [5.41, 5.74) is 1.80. The molecule has 146 valence electrons. The van der Waals surface area contributed by atoms with E-state index in [4.69, 9.17) is 0 Å². The van der Waals surface area contributed by atoms with E-state index in [1.165, 1.54) is 6.07 Å². The molecule has 0 unspecified atom stereocenters. The highest BCUT2D eigenvalue weighted by molar-refractivity contribution is 9.10. The van der Waals surface area contributed by atoms with Crippen LogP contribution in [-0.2, 0) is 17.9 Å². The van der Waals surface area contributed by atoms with Gasteiger partial charge in [0, 0.05) is 16.7 Å². The molecule has 0 heterocycles. The molecule has 4 nitrogen and oxygen atoms in total. The van der Waals surface area contributed by atoms with Gasteiger partial charge in [0.2, 0.25) is 0 Å². The summed E-state index contributed by atoms with van der Waals surface area (Å²) < 4.78 is 55.3. The van der Waals surface area contributed by atoms with Crippen LogP contribution in [0.5, 0.6) is 0 Å². The zero-order valence-corrected chi connectivity index (χ0v) is 15.6. The number of anilines is 1. The lowest BCUT2D eigenvalue weighted by molar-refractivity contribution is -0.168. The predicted molar refractivity (Wildman–Crippen MR) is 97.0 cm³/mol. The van der Waals surface area contributed by atoms with Gasteiger partial charge in [-0.25, -0.2) is 13.6 Å². The van der Waals surface area contributed by atoms with E-state index in [1.54, 1.807) is 18.2 Å². The highest BCUT2D eigenvalue weighted by Gasteiger charge is 2.40. The Bertz CT molecular complexity index is 757. The molecule has 0 atom stereocenters. The van der Waals surface area contributed by atoms with Gasteiger partial charge in [0.25, 0.3) is 0 Å². The van der Waals surface area contributed by atoms with Gasteiger partial charge in [-0.15, -0.1) is 0 Å². The molecule has 9 heteroatoms. The van der Waals surface area contributed by atoms with E-state index in [2.05, 4.69) is 31.3 Å². The van der Waals surface area contributed by atoms with Crippen molar-refractivity contribution in [3.8, 4) is 0 Å². The van der Waals surface area contributed by atoms with Crippen LogP contribution in [-0.4, -0.2) is 25.0 Å². The van der Waals surface area contributed by atoms with Crippen LogP contribution in [0.1, 0.15) is 11.1 Å². The van der Waals surface area contributed by atoms with Gasteiger partial charge in [-0.2, -0.15) is 8.78 Å². The molecule has 0 radical (unpaired) electrons. The fourth-order valence-corrected chi connectivity index (χ4v) is 2.33. The normalized spacial score (nSPS) is 11.5. The summed E-state index contributed by atoms with van der Waals surface area (Å²) in [4.78, 5) is 11.9. The van der Waals surface area contributed by atoms with E-state index >= 15 is 0 Å². The minimum Gasteiger partial charge on any atom is -0.370 e. The summed E-state index contributed by atoms with van der Waals surface area (Å²) in [5.74, 6) is -4.19. The number of halogens is 5. The molecule has 2 aromatic rings. The number of hydrogen-bond donors (Lipinski definition) is 2. The molecule has 0 aromatic heterocycles. The summed E-state index contributed by atoms with van der Waals surface area (Å²) in [5, 5.41) is 5.29. The zero-order valence-electron chi connectivity index (χ0n) is 14.0. The van der Waals surface area contributed by atoms with Crippen molar-refractivity contribution in [1.29, 1.82) is 0 Å². The number of urea groups is 1. The first-order valence-corrected chi connectivity index (χ1v) is 8.67. The number of hydrogen-bond acceptors (Lipinski definition) is 2. The highest BCUT2D eigenvalue weighted by atomic mass is 79.9. The summed E-state index contributed by atoms with van der Waals surface area (Å²) in [6.07, 6.45) is -3.78. The van der Waals surface area contributed by atoms with Gasteiger partial charge >= 0.3 is 18.4 Å². The molecule has 2 amide bonds. The molecule has 2 N–H and O–H groups in total. The number of carbonyl (C=O) groups is 1. The van der Waals surface area contributed by atoms with Crippen LogP contribution in [0.15, 0.2) is 53.0 Å². The number of carbonyl (C=O) groups excluding carboxylic acids is 1. The second-order valence-electron chi connectivity index (χ2n) is 5.69. The molecule has 0 bridgehead atoms. The van der Waals surface area contributed by atoms with Crippen LogP contribution in [0.25, 0.3) is 0 Å². The lowest BCUT2D eigenvalue weighted by atomic mass is 10.2. The van der Waals surface area contributed by atoms with Gasteiger partial charge in [0.15, 0.2) is 0 Å². The average Bonchev–Trinajstić information content (AvgIpc) is 2.61. The molecule has 0 aliphatic carbocycles. The highest BCUT2D eigenvalue weighted by Crippen LogP contribution is 2.23. The van der Waals surface area contributed by atoms with Gasteiger partial charge in [-0.3, -0.25) is 0 Å². The van der Waals surface area contributed by atoms with Crippen molar-refractivity contribution in [2.75, 3.05) is 11.9 Å². The number of nitrogens with one attached hydrogen (secondary N) is 2. The molecule has 0 fully saturated rings. The predicted octanol–water partition coefficient (Wildman–Crippen LogP) is 5.19. The van der Waals surface area contributed by atoms with Gasteiger partial charge in [-0.05, 0) is 35.4 Å². The monoisotopic (exact) mass is 448 g/mol. The Hall–Kier alpha value is -2.13. The molecule has 0 saturated carbocycles. The fourth-order valence-electron chi connectivity index (χ4n) is 2.07. The number of rotatable bonds is 8. The van der Waals surface area contributed by atoms with E-state index in [-0.39, 0.29) is 6.61 Å². The van der Waals surface area contributed by atoms with Crippen molar-refractivity contribution < 1.29 is 27.1 Å². The van der Waals surface area contributed by atoms with E-state index in [9.17, 15) is 22.4 Å². The molecule has 27 heavy (non-hydrogen) atoms. The van der Waals surface area contributed by atoms with Gasteiger partial charge in [0.05, 0.1) is 6.61 Å². The number of ether oxygens (including phenoxy) is 1. The first-order chi connectivity index (χ1) is 12.8. The fraction of sp³-hybridized carbons (Fsp3) is 0.278. The van der Waals surface area contributed by atoms with Crippen molar-refractivity contribution in [1.82, 2.24) is 5.32 Å². The van der Waals surface area contributed by atoms with Crippen LogP contribution < -0.4 is 10.6 Å². The van der Waals surface area contributed by atoms with E-state index in [0.29, 0.717) is 17.8 Å². The van der Waals surface area contributed by atoms with Crippen LogP contribution in [0.2, 0.25) is 0 Å². The minimum atomic E-state index is -4.19. The maximum atomic E-state index is 12.8. The largest absolute Gasteiger partial charge is 0.370 e. The molecule has 0 aliphatic heterocycles. The van der Waals surface area contributed by atoms with Crippen molar-refractivity contribution in [2.24, 2.45) is 0 Å². The van der Waals surface area contributed by atoms with Crippen LogP contribution >= 0.6 is 15.9 Å². The van der Waals surface area contributed by atoms with Crippen LogP contribution in [0.4, 0.5) is 28.0 Å². The maximum absolute atomic E-state index is 12.8. The van der Waals surface area contributed by atoms with Crippen molar-refractivity contribution >= 4 is 27.6 Å². The zero-order chi connectivity index (χ0) is 19.9. The van der Waals surface area contributed by atoms with Crippen molar-refractivity contribution in [3.05, 3.63) is 64.1 Å². The Kier molecular flexibility index (Phi) is 7.61. The Morgan fingerprint density at radius 1 is 1.11 bits per heavy atom. The lowest BCUT2D eigenvalue weighted by Gasteiger charge is -2.15. The van der Waals surface area contributed by atoms with Crippen molar-refractivity contribution in [3.63, 3.8) is 0 Å². The molecule has 2 rings (SSSR count). The third-order valence-corrected chi connectivity index (χ3v) is 3.96. The standard InChI is InChI=1S/C18H17BrF4N2O2/c19-14-6-4-12(5-7-14)9-24-17(26)25-15-3-1-2-13(8-15)10-27-11-18(22,23)16(20)21/h1-8,16H,9-11H2,(H2,24,25,26). The summed E-state index contributed by atoms with van der Waals surface area (Å²) in [6.45, 7) is -1.33. The summed E-state index contributed by atoms with van der Waals surface area (Å²) >= 11 is 3.32. The Morgan fingerprint density at radius 3 is 2.48 bits per heavy atom. The molecular formula is C18H17BrF4N2O2. The van der Waals surface area contributed by atoms with E-state index < -0.39 is 25.0 Å². The second kappa shape index (κ2) is 9.70. The first kappa shape index (κ1) is 21.2. The number of alkyl halides is 4. The molecule has 0 aliphatic rings. The van der Waals surface area contributed by atoms with E-state index in [0.717, 1.165) is 10.0 Å². The Labute approximate surface area is 162 Å². The van der Waals surface area contributed by atoms with Gasteiger partial charge in [0.1, 0.15) is 6.61 Å². The lowest BCUT2D eigenvalue weighted by Crippen LogP contribution is -2.32. The van der Waals surface area contributed by atoms with E-state index in [1.807, 2.05) is 24.3 Å². The molecular weight excluding hydrogens is 432 g/mol. The summed E-state index contributed by atoms with van der Waals surface area (Å²) in [6, 6.07) is 13.3. The second-order valence-corrected chi connectivity index (χ2v) is 6.60. The first-order valence-electron chi connectivity index (χ1n) is 7.88. The Balaban J connectivity index is 1.82. The molecule has 0 spiro atoms. The quantitative estimate of drug-likeness (QED) is 0.546. The number of amides is 2. The maximum Gasteiger partial charge on any atom is 0.330 e. The summed E-state index contributed by atoms with van der Waals surface area (Å²) in [7, 11) is 0. The minimum absolute atomic E-state index is 0.279. The van der Waals surface area contributed by atoms with Gasteiger partial charge in [-0.1, -0.05) is 40.2 Å². The third-order valence-electron chi connectivity index (χ3n) is 3.43. The average molecular weight is 449 g/mol. The van der Waals surface area contributed by atoms with Gasteiger partial charge < -0.3 is 15.4 Å². The molecule has 0 saturated heterocycles. The number of benzene rings is 2. The topological polar surface area (TPSA) is 50.4 Å².